The molecule has 0 amide bonds. The van der Waals surface area contributed by atoms with Crippen LogP contribution >= 0.6 is 0 Å². The van der Waals surface area contributed by atoms with E-state index in [0.717, 1.165) is 30.9 Å². The van der Waals surface area contributed by atoms with E-state index < -0.39 is 11.7 Å². The molecule has 0 spiro atoms. The maximum absolute atomic E-state index is 12.8. The topological polar surface area (TPSA) is 15.3 Å². The third-order valence-electron chi connectivity index (χ3n) is 3.78. The molecule has 0 bridgehead atoms. The van der Waals surface area contributed by atoms with Gasteiger partial charge in [0.1, 0.15) is 0 Å². The number of allylic oxidation sites excluding steroid dienone is 1. The molecule has 1 saturated heterocycles. The van der Waals surface area contributed by atoms with Crippen LogP contribution in [0.4, 0.5) is 18.9 Å². The van der Waals surface area contributed by atoms with Crippen molar-refractivity contribution in [3.8, 4) is 0 Å². The van der Waals surface area contributed by atoms with Crippen LogP contribution < -0.4 is 10.2 Å². The maximum Gasteiger partial charge on any atom is 0.416 e. The van der Waals surface area contributed by atoms with E-state index in [1.165, 1.54) is 12.1 Å². The molecule has 102 valence electrons. The van der Waals surface area contributed by atoms with Gasteiger partial charge in [0.2, 0.25) is 0 Å². The number of nitrogens with zero attached hydrogens (tertiary/aromatic N) is 1. The normalized spacial score (nSPS) is 22.6. The Labute approximate surface area is 109 Å². The number of benzene rings is 1. The van der Waals surface area contributed by atoms with Gasteiger partial charge in [-0.2, -0.15) is 13.2 Å². The van der Waals surface area contributed by atoms with Crippen LogP contribution in [0.1, 0.15) is 18.1 Å². The molecule has 0 radical (unpaired) electrons. The van der Waals surface area contributed by atoms with E-state index in [4.69, 9.17) is 0 Å². The van der Waals surface area contributed by atoms with Crippen LogP contribution in [-0.4, -0.2) is 25.7 Å². The average molecular weight is 268 g/mol. The van der Waals surface area contributed by atoms with Gasteiger partial charge in [-0.3, -0.25) is 0 Å². The molecule has 1 aromatic rings. The fourth-order valence-electron chi connectivity index (χ4n) is 2.83. The monoisotopic (exact) mass is 268 g/mol. The summed E-state index contributed by atoms with van der Waals surface area (Å²) in [6, 6.07) is 4.29. The summed E-state index contributed by atoms with van der Waals surface area (Å²) in [7, 11) is 0. The molecule has 0 aromatic heterocycles. The minimum Gasteiger partial charge on any atom is -0.362 e. The SMILES string of the molecule is CC1=C[C@H]2CNCCN2c2ccc(C(F)(F)F)cc21. The maximum atomic E-state index is 12.8. The minimum absolute atomic E-state index is 0.248. The summed E-state index contributed by atoms with van der Waals surface area (Å²) in [6.45, 7) is 4.42. The van der Waals surface area contributed by atoms with Crippen LogP contribution in [0.15, 0.2) is 24.3 Å². The molecule has 1 atom stereocenters. The third kappa shape index (κ3) is 2.12. The first-order valence-corrected chi connectivity index (χ1v) is 6.34. The Morgan fingerprint density at radius 1 is 1.32 bits per heavy atom. The summed E-state index contributed by atoms with van der Waals surface area (Å²) >= 11 is 0. The number of hydrogen-bond donors (Lipinski definition) is 1. The van der Waals surface area contributed by atoms with Gasteiger partial charge in [-0.05, 0) is 30.7 Å². The number of halogens is 3. The van der Waals surface area contributed by atoms with Gasteiger partial charge in [0.15, 0.2) is 0 Å². The second-order valence-electron chi connectivity index (χ2n) is 5.04. The first-order chi connectivity index (χ1) is 8.97. The summed E-state index contributed by atoms with van der Waals surface area (Å²) in [5, 5.41) is 3.30. The standard InChI is InChI=1S/C14H15F3N2/c1-9-6-11-8-18-4-5-19(11)13-3-2-10(7-12(9)13)14(15,16)17/h2-3,6-7,11,18H,4-5,8H2,1H3/t11-/m0/s1. The molecule has 1 N–H and O–H groups in total. The Morgan fingerprint density at radius 3 is 2.84 bits per heavy atom. The molecule has 1 fully saturated rings. The van der Waals surface area contributed by atoms with Crippen molar-refractivity contribution in [1.82, 2.24) is 5.32 Å². The summed E-state index contributed by atoms with van der Waals surface area (Å²) in [6.07, 6.45) is -2.23. The first-order valence-electron chi connectivity index (χ1n) is 6.34. The predicted octanol–water partition coefficient (Wildman–Crippen LogP) is 2.90. The third-order valence-corrected chi connectivity index (χ3v) is 3.78. The van der Waals surface area contributed by atoms with E-state index in [1.54, 1.807) is 6.07 Å². The summed E-state index contributed by atoms with van der Waals surface area (Å²) in [4.78, 5) is 2.18. The average Bonchev–Trinajstić information content (AvgIpc) is 2.37. The van der Waals surface area contributed by atoms with Crippen molar-refractivity contribution in [3.63, 3.8) is 0 Å². The van der Waals surface area contributed by atoms with Gasteiger partial charge in [-0.1, -0.05) is 6.08 Å². The number of fused-ring (bicyclic) bond motifs is 3. The quantitative estimate of drug-likeness (QED) is 0.778. The van der Waals surface area contributed by atoms with Crippen molar-refractivity contribution in [2.45, 2.75) is 19.1 Å². The number of rotatable bonds is 0. The molecule has 2 nitrogen and oxygen atoms in total. The van der Waals surface area contributed by atoms with Gasteiger partial charge >= 0.3 is 6.18 Å². The number of piperazine rings is 1. The van der Waals surface area contributed by atoms with Crippen LogP contribution in [0.3, 0.4) is 0 Å². The molecule has 1 aromatic carbocycles. The highest BCUT2D eigenvalue weighted by molar-refractivity contribution is 5.80. The van der Waals surface area contributed by atoms with Crippen molar-refractivity contribution in [2.75, 3.05) is 24.5 Å². The molecule has 5 heteroatoms. The number of hydrogen-bond acceptors (Lipinski definition) is 2. The molecule has 2 aliphatic rings. The largest absolute Gasteiger partial charge is 0.416 e. The van der Waals surface area contributed by atoms with Crippen LogP contribution in [0, 0.1) is 0 Å². The zero-order chi connectivity index (χ0) is 13.6. The lowest BCUT2D eigenvalue weighted by molar-refractivity contribution is -0.137. The van der Waals surface area contributed by atoms with E-state index >= 15 is 0 Å². The highest BCUT2D eigenvalue weighted by Gasteiger charge is 2.33. The highest BCUT2D eigenvalue weighted by Crippen LogP contribution is 2.39. The smallest absolute Gasteiger partial charge is 0.362 e. The Bertz CT molecular complexity index is 534. The molecule has 2 heterocycles. The van der Waals surface area contributed by atoms with Gasteiger partial charge in [-0.15, -0.1) is 0 Å². The Kier molecular flexibility index (Phi) is 2.82. The second-order valence-corrected chi connectivity index (χ2v) is 5.04. The molecular formula is C14H15F3N2. The zero-order valence-corrected chi connectivity index (χ0v) is 10.6. The first kappa shape index (κ1) is 12.5. The molecule has 3 rings (SSSR count). The zero-order valence-electron chi connectivity index (χ0n) is 10.6. The van der Waals surface area contributed by atoms with Crippen LogP contribution in [0.5, 0.6) is 0 Å². The van der Waals surface area contributed by atoms with Crippen LogP contribution in [-0.2, 0) is 6.18 Å². The number of anilines is 1. The Balaban J connectivity index is 2.07. The van der Waals surface area contributed by atoms with Gasteiger partial charge in [0.25, 0.3) is 0 Å². The lowest BCUT2D eigenvalue weighted by Crippen LogP contribution is -2.51. The molecule has 0 aliphatic carbocycles. The van der Waals surface area contributed by atoms with E-state index in [1.807, 2.05) is 6.92 Å². The van der Waals surface area contributed by atoms with E-state index in [9.17, 15) is 13.2 Å². The summed E-state index contributed by atoms with van der Waals surface area (Å²) < 4.78 is 38.3. The molecular weight excluding hydrogens is 253 g/mol. The van der Waals surface area contributed by atoms with Gasteiger partial charge in [0, 0.05) is 30.9 Å². The fraction of sp³-hybridized carbons (Fsp3) is 0.429. The number of alkyl halides is 3. The lowest BCUT2D eigenvalue weighted by Gasteiger charge is -2.41. The van der Waals surface area contributed by atoms with Crippen LogP contribution in [0.25, 0.3) is 5.57 Å². The summed E-state index contributed by atoms with van der Waals surface area (Å²) in [5.74, 6) is 0. The molecule has 0 unspecified atom stereocenters. The Morgan fingerprint density at radius 2 is 2.11 bits per heavy atom. The number of nitrogens with one attached hydrogen (secondary N) is 1. The van der Waals surface area contributed by atoms with Crippen LogP contribution in [0.2, 0.25) is 0 Å². The van der Waals surface area contributed by atoms with E-state index in [0.29, 0.717) is 5.56 Å². The predicted molar refractivity (Wildman–Crippen MR) is 69.1 cm³/mol. The van der Waals surface area contributed by atoms with Gasteiger partial charge in [-0.25, -0.2) is 0 Å². The van der Waals surface area contributed by atoms with Crippen molar-refractivity contribution in [1.29, 1.82) is 0 Å². The second kappa shape index (κ2) is 4.27. The summed E-state index contributed by atoms with van der Waals surface area (Å²) in [5.41, 5.74) is 1.96. The molecule has 19 heavy (non-hydrogen) atoms. The minimum atomic E-state index is -4.28. The van der Waals surface area contributed by atoms with E-state index in [-0.39, 0.29) is 6.04 Å². The van der Waals surface area contributed by atoms with Crippen molar-refractivity contribution in [2.24, 2.45) is 0 Å². The lowest BCUT2D eigenvalue weighted by atomic mass is 9.93. The molecule has 2 aliphatic heterocycles. The van der Waals surface area contributed by atoms with E-state index in [2.05, 4.69) is 16.3 Å². The molecule has 0 saturated carbocycles. The fourth-order valence-corrected chi connectivity index (χ4v) is 2.83. The Hall–Kier alpha value is -1.49. The van der Waals surface area contributed by atoms with Gasteiger partial charge < -0.3 is 10.2 Å². The van der Waals surface area contributed by atoms with Crippen molar-refractivity contribution in [3.05, 3.63) is 35.4 Å². The van der Waals surface area contributed by atoms with Crippen molar-refractivity contribution >= 4 is 11.3 Å². The van der Waals surface area contributed by atoms with Crippen molar-refractivity contribution < 1.29 is 13.2 Å². The highest BCUT2D eigenvalue weighted by atomic mass is 19.4. The van der Waals surface area contributed by atoms with Gasteiger partial charge in [0.05, 0.1) is 11.6 Å².